The van der Waals surface area contributed by atoms with Crippen molar-refractivity contribution < 1.29 is 13.2 Å². The molecule has 7 nitrogen and oxygen atoms in total. The molecule has 0 bridgehead atoms. The van der Waals surface area contributed by atoms with Gasteiger partial charge in [0.15, 0.2) is 15.0 Å². The van der Waals surface area contributed by atoms with E-state index in [2.05, 4.69) is 0 Å². The number of benzene rings is 2. The maximum atomic E-state index is 13.5. The van der Waals surface area contributed by atoms with Crippen molar-refractivity contribution in [1.29, 1.82) is 0 Å². The van der Waals surface area contributed by atoms with Gasteiger partial charge in [-0.25, -0.2) is 13.4 Å². The second-order valence-corrected chi connectivity index (χ2v) is 12.4. The summed E-state index contributed by atoms with van der Waals surface area (Å²) in [5.41, 5.74) is 3.16. The van der Waals surface area contributed by atoms with Crippen molar-refractivity contribution in [3.63, 3.8) is 0 Å². The molecule has 0 saturated carbocycles. The van der Waals surface area contributed by atoms with Crippen LogP contribution in [0.25, 0.3) is 16.6 Å². The van der Waals surface area contributed by atoms with Gasteiger partial charge in [0, 0.05) is 12.1 Å². The summed E-state index contributed by atoms with van der Waals surface area (Å²) in [7, 11) is -3.12. The molecule has 0 spiro atoms. The highest BCUT2D eigenvalue weighted by Crippen LogP contribution is 2.26. The highest BCUT2D eigenvalue weighted by Gasteiger charge is 2.36. The van der Waals surface area contributed by atoms with Gasteiger partial charge in [-0.15, -0.1) is 0 Å². The predicted molar refractivity (Wildman–Crippen MR) is 141 cm³/mol. The fourth-order valence-electron chi connectivity index (χ4n) is 4.68. The summed E-state index contributed by atoms with van der Waals surface area (Å²) in [6.45, 7) is 7.89. The first-order valence-corrected chi connectivity index (χ1v) is 14.7. The molecule has 2 atom stereocenters. The summed E-state index contributed by atoms with van der Waals surface area (Å²) < 4.78 is 25.8. The van der Waals surface area contributed by atoms with Gasteiger partial charge in [-0.2, -0.15) is 0 Å². The topological polar surface area (TPSA) is 89.3 Å². The first-order valence-electron chi connectivity index (χ1n) is 11.8. The Morgan fingerprint density at radius 3 is 2.63 bits per heavy atom. The third kappa shape index (κ3) is 5.30. The number of amides is 1. The average Bonchev–Trinajstić information content (AvgIpc) is 3.17. The van der Waals surface area contributed by atoms with Gasteiger partial charge in [0.2, 0.25) is 5.91 Å². The maximum absolute atomic E-state index is 13.5. The first-order chi connectivity index (χ1) is 16.6. The van der Waals surface area contributed by atoms with Gasteiger partial charge in [-0.3, -0.25) is 14.2 Å². The monoisotopic (exact) mass is 513 g/mol. The van der Waals surface area contributed by atoms with Crippen molar-refractivity contribution in [1.82, 2.24) is 14.5 Å². The van der Waals surface area contributed by atoms with Crippen LogP contribution in [-0.2, 0) is 14.6 Å². The van der Waals surface area contributed by atoms with Crippen LogP contribution in [0.15, 0.2) is 52.4 Å². The summed E-state index contributed by atoms with van der Waals surface area (Å²) in [6, 6.07) is 12.7. The van der Waals surface area contributed by atoms with Gasteiger partial charge in [-0.1, -0.05) is 48.5 Å². The van der Waals surface area contributed by atoms with E-state index in [1.807, 2.05) is 58.0 Å². The molecule has 0 aliphatic carbocycles. The number of fused-ring (bicyclic) bond motifs is 1. The van der Waals surface area contributed by atoms with Crippen molar-refractivity contribution >= 4 is 38.4 Å². The fourth-order valence-corrected chi connectivity index (χ4v) is 7.27. The summed E-state index contributed by atoms with van der Waals surface area (Å²) in [6.07, 6.45) is 1.19. The van der Waals surface area contributed by atoms with Crippen LogP contribution in [0.1, 0.15) is 37.8 Å². The number of nitrogens with zero attached hydrogens (tertiary/aromatic N) is 3. The van der Waals surface area contributed by atoms with E-state index < -0.39 is 9.84 Å². The van der Waals surface area contributed by atoms with Crippen LogP contribution < -0.4 is 5.56 Å². The quantitative estimate of drug-likeness (QED) is 0.352. The number of aryl methyl sites for hydroxylation is 2. The number of sulfone groups is 1. The molecule has 0 radical (unpaired) electrons. The first kappa shape index (κ1) is 25.4. The molecule has 186 valence electrons. The van der Waals surface area contributed by atoms with Crippen LogP contribution in [-0.4, -0.2) is 58.1 Å². The van der Waals surface area contributed by atoms with E-state index in [1.54, 1.807) is 21.6 Å². The minimum absolute atomic E-state index is 0.00917. The molecule has 1 aliphatic heterocycles. The van der Waals surface area contributed by atoms with Crippen molar-refractivity contribution in [3.8, 4) is 5.69 Å². The number of aromatic nitrogens is 2. The molecule has 3 aromatic rings. The van der Waals surface area contributed by atoms with Gasteiger partial charge >= 0.3 is 0 Å². The van der Waals surface area contributed by atoms with Gasteiger partial charge in [0.1, 0.15) is 0 Å². The van der Waals surface area contributed by atoms with E-state index in [0.29, 0.717) is 22.5 Å². The van der Waals surface area contributed by atoms with Crippen LogP contribution >= 0.6 is 11.8 Å². The van der Waals surface area contributed by atoms with E-state index >= 15 is 0 Å². The largest absolute Gasteiger partial charge is 0.335 e. The van der Waals surface area contributed by atoms with E-state index in [0.717, 1.165) is 23.2 Å². The molecule has 2 heterocycles. The Balaban J connectivity index is 1.71. The number of para-hydroxylation sites is 1. The summed E-state index contributed by atoms with van der Waals surface area (Å²) in [5.74, 6) is 0.0519. The fraction of sp³-hybridized carbons (Fsp3) is 0.423. The molecule has 1 aromatic heterocycles. The zero-order valence-electron chi connectivity index (χ0n) is 20.5. The molecule has 2 aromatic carbocycles. The van der Waals surface area contributed by atoms with E-state index in [9.17, 15) is 18.0 Å². The van der Waals surface area contributed by atoms with Crippen LogP contribution in [0.2, 0.25) is 0 Å². The third-order valence-electron chi connectivity index (χ3n) is 6.62. The third-order valence-corrected chi connectivity index (χ3v) is 9.29. The van der Waals surface area contributed by atoms with Crippen LogP contribution in [0.4, 0.5) is 0 Å². The number of hydrogen-bond donors (Lipinski definition) is 0. The van der Waals surface area contributed by atoms with Crippen LogP contribution in [0.3, 0.4) is 0 Å². The van der Waals surface area contributed by atoms with E-state index in [1.165, 1.54) is 11.8 Å². The zero-order chi connectivity index (χ0) is 25.3. The average molecular weight is 514 g/mol. The van der Waals surface area contributed by atoms with Crippen molar-refractivity contribution in [2.24, 2.45) is 0 Å². The molecule has 1 fully saturated rings. The second-order valence-electron chi connectivity index (χ2n) is 9.25. The molecule has 1 saturated heterocycles. The number of rotatable bonds is 7. The molecular formula is C26H31N3O4S2. The van der Waals surface area contributed by atoms with E-state index in [-0.39, 0.29) is 40.8 Å². The standard InChI is InChI=1S/C26H31N3O4S2/c1-5-19(4)28(20-12-13-35(32,33)16-20)24(30)15-34-26-27-22-9-7-6-8-21(22)25(31)29(26)23-11-10-17(2)14-18(23)3/h6-11,14,19-20H,5,12-13,15-16H2,1-4H3/t19-,20+/m0/s1. The highest BCUT2D eigenvalue weighted by molar-refractivity contribution is 7.99. The predicted octanol–water partition coefficient (Wildman–Crippen LogP) is 3.91. The molecular weight excluding hydrogens is 482 g/mol. The molecule has 0 N–H and O–H groups in total. The Labute approximate surface area is 210 Å². The van der Waals surface area contributed by atoms with Crippen molar-refractivity contribution in [3.05, 3.63) is 63.9 Å². The minimum atomic E-state index is -3.12. The molecule has 0 unspecified atom stereocenters. The van der Waals surface area contributed by atoms with Crippen molar-refractivity contribution in [2.45, 2.75) is 57.8 Å². The lowest BCUT2D eigenvalue weighted by Crippen LogP contribution is -2.47. The number of carbonyl (C=O) groups is 1. The second kappa shape index (κ2) is 10.1. The number of hydrogen-bond acceptors (Lipinski definition) is 6. The Morgan fingerprint density at radius 1 is 1.23 bits per heavy atom. The Kier molecular flexibility index (Phi) is 7.38. The van der Waals surface area contributed by atoms with Crippen LogP contribution in [0, 0.1) is 13.8 Å². The lowest BCUT2D eigenvalue weighted by molar-refractivity contribution is -0.132. The SMILES string of the molecule is CC[C@H](C)N(C(=O)CSc1nc2ccccc2c(=O)n1-c1ccc(C)cc1C)[C@@H]1CCS(=O)(=O)C1. The van der Waals surface area contributed by atoms with Gasteiger partial charge in [-0.05, 0) is 57.4 Å². The smallest absolute Gasteiger partial charge is 0.266 e. The summed E-state index contributed by atoms with van der Waals surface area (Å²) in [4.78, 5) is 33.5. The summed E-state index contributed by atoms with van der Waals surface area (Å²) >= 11 is 1.22. The molecule has 1 aliphatic rings. The molecule has 35 heavy (non-hydrogen) atoms. The number of thioether (sulfide) groups is 1. The number of carbonyl (C=O) groups excluding carboxylic acids is 1. The van der Waals surface area contributed by atoms with E-state index in [4.69, 9.17) is 4.98 Å². The molecule has 9 heteroatoms. The lowest BCUT2D eigenvalue weighted by atomic mass is 10.1. The zero-order valence-corrected chi connectivity index (χ0v) is 22.2. The van der Waals surface area contributed by atoms with Gasteiger partial charge in [0.05, 0.1) is 33.8 Å². The Morgan fingerprint density at radius 2 is 1.97 bits per heavy atom. The Hall–Kier alpha value is -2.65. The molecule has 4 rings (SSSR count). The normalized spacial score (nSPS) is 18.0. The van der Waals surface area contributed by atoms with Gasteiger partial charge in [0.25, 0.3) is 5.56 Å². The maximum Gasteiger partial charge on any atom is 0.266 e. The summed E-state index contributed by atoms with van der Waals surface area (Å²) in [5, 5.41) is 0.956. The minimum Gasteiger partial charge on any atom is -0.335 e. The van der Waals surface area contributed by atoms with Crippen molar-refractivity contribution in [2.75, 3.05) is 17.3 Å². The molecule has 1 amide bonds. The van der Waals surface area contributed by atoms with Crippen LogP contribution in [0.5, 0.6) is 0 Å². The lowest BCUT2D eigenvalue weighted by Gasteiger charge is -2.33. The highest BCUT2D eigenvalue weighted by atomic mass is 32.2. The Bertz CT molecular complexity index is 1430. The van der Waals surface area contributed by atoms with Gasteiger partial charge < -0.3 is 4.90 Å².